The predicted molar refractivity (Wildman–Crippen MR) is 102 cm³/mol. The van der Waals surface area contributed by atoms with Gasteiger partial charge in [-0.3, -0.25) is 9.35 Å². The molecule has 138 valence electrons. The molecule has 1 fully saturated rings. The van der Waals surface area contributed by atoms with Crippen molar-refractivity contribution < 1.29 is 13.0 Å². The van der Waals surface area contributed by atoms with Gasteiger partial charge in [0.15, 0.2) is 0 Å². The first-order chi connectivity index (χ1) is 12.3. The minimum atomic E-state index is -3.67. The Morgan fingerprint density at radius 3 is 2.35 bits per heavy atom. The Labute approximate surface area is 150 Å². The van der Waals surface area contributed by atoms with Crippen molar-refractivity contribution >= 4 is 37.7 Å². The predicted octanol–water partition coefficient (Wildman–Crippen LogP) is 0.990. The molecule has 26 heavy (non-hydrogen) atoms. The maximum absolute atomic E-state index is 12.1. The van der Waals surface area contributed by atoms with Crippen LogP contribution >= 0.6 is 0 Å². The molecule has 1 saturated heterocycles. The largest absolute Gasteiger partial charge is 0.354 e. The van der Waals surface area contributed by atoms with Crippen molar-refractivity contribution in [3.63, 3.8) is 0 Å². The molecule has 4 rings (SSSR count). The van der Waals surface area contributed by atoms with Gasteiger partial charge in [0.25, 0.3) is 15.7 Å². The summed E-state index contributed by atoms with van der Waals surface area (Å²) in [5, 5.41) is 4.94. The Morgan fingerprint density at radius 2 is 1.69 bits per heavy atom. The zero-order valence-corrected chi connectivity index (χ0v) is 15.1. The minimum absolute atomic E-state index is 0.0603. The van der Waals surface area contributed by atoms with Gasteiger partial charge in [-0.05, 0) is 18.2 Å². The molecule has 3 N–H and O–H groups in total. The van der Waals surface area contributed by atoms with Gasteiger partial charge in [0.1, 0.15) is 5.82 Å². The van der Waals surface area contributed by atoms with Crippen molar-refractivity contribution in [3.05, 3.63) is 46.8 Å². The summed E-state index contributed by atoms with van der Waals surface area (Å²) in [7, 11) is -3.67. The lowest BCUT2D eigenvalue weighted by atomic mass is 10.1. The van der Waals surface area contributed by atoms with Crippen LogP contribution in [0.3, 0.4) is 0 Å². The van der Waals surface area contributed by atoms with E-state index in [1.54, 1.807) is 0 Å². The Hall–Kier alpha value is -2.49. The van der Waals surface area contributed by atoms with E-state index in [0.717, 1.165) is 48.4 Å². The van der Waals surface area contributed by atoms with Gasteiger partial charge in [0, 0.05) is 37.0 Å². The fraction of sp³-hybridized carbons (Fsp3) is 0.294. The summed E-state index contributed by atoms with van der Waals surface area (Å²) in [5.74, 6) is 0.973. The summed E-state index contributed by atoms with van der Waals surface area (Å²) in [5.41, 5.74) is 1.59. The van der Waals surface area contributed by atoms with E-state index in [1.807, 2.05) is 36.4 Å². The summed E-state index contributed by atoms with van der Waals surface area (Å²) in [6.45, 7) is 3.87. The van der Waals surface area contributed by atoms with E-state index in [9.17, 15) is 13.2 Å². The second-order valence-electron chi connectivity index (χ2n) is 6.04. The van der Waals surface area contributed by atoms with Gasteiger partial charge >= 0.3 is 0 Å². The molecule has 0 aliphatic carbocycles. The molecule has 0 saturated carbocycles. The lowest BCUT2D eigenvalue weighted by Gasteiger charge is -2.28. The van der Waals surface area contributed by atoms with Gasteiger partial charge in [-0.1, -0.05) is 18.2 Å². The molecule has 2 aromatic heterocycles. The van der Waals surface area contributed by atoms with E-state index in [4.69, 9.17) is 9.54 Å². The van der Waals surface area contributed by atoms with Gasteiger partial charge in [-0.25, -0.2) is 4.98 Å². The van der Waals surface area contributed by atoms with Crippen LogP contribution in [0.4, 0.5) is 5.82 Å². The average molecular weight is 376 g/mol. The van der Waals surface area contributed by atoms with Gasteiger partial charge in [-0.2, -0.15) is 8.42 Å². The second-order valence-corrected chi connectivity index (χ2v) is 7.50. The first kappa shape index (κ1) is 18.3. The van der Waals surface area contributed by atoms with Crippen LogP contribution in [0.15, 0.2) is 41.2 Å². The SMILES string of the molecule is CS(=O)(=O)O.O=c1[nH]c2ccc(N3CCNCC3)nc2c2ccccc12. The highest BCUT2D eigenvalue weighted by Gasteiger charge is 2.13. The molecule has 3 aromatic rings. The van der Waals surface area contributed by atoms with Gasteiger partial charge in [0.2, 0.25) is 0 Å². The van der Waals surface area contributed by atoms with E-state index in [-0.39, 0.29) is 5.56 Å². The molecule has 0 bridgehead atoms. The molecule has 0 unspecified atom stereocenters. The van der Waals surface area contributed by atoms with E-state index >= 15 is 0 Å². The van der Waals surface area contributed by atoms with Crippen molar-refractivity contribution in [1.29, 1.82) is 0 Å². The van der Waals surface area contributed by atoms with E-state index in [1.165, 1.54) is 0 Å². The van der Waals surface area contributed by atoms with Gasteiger partial charge < -0.3 is 15.2 Å². The van der Waals surface area contributed by atoms with Crippen LogP contribution in [-0.4, -0.2) is 55.4 Å². The van der Waals surface area contributed by atoms with Gasteiger partial charge in [-0.15, -0.1) is 0 Å². The van der Waals surface area contributed by atoms with Crippen LogP contribution in [0.25, 0.3) is 21.8 Å². The number of nitrogens with one attached hydrogen (secondary N) is 2. The molecule has 0 spiro atoms. The zero-order chi connectivity index (χ0) is 18.7. The third-order valence-corrected chi connectivity index (χ3v) is 4.00. The Bertz CT molecular complexity index is 1080. The fourth-order valence-electron chi connectivity index (χ4n) is 2.90. The maximum Gasteiger partial charge on any atom is 0.261 e. The number of H-pyrrole nitrogens is 1. The summed E-state index contributed by atoms with van der Waals surface area (Å²) in [6, 6.07) is 11.6. The molecule has 1 aromatic carbocycles. The molecule has 3 heterocycles. The third kappa shape index (κ3) is 4.37. The number of rotatable bonds is 1. The van der Waals surface area contributed by atoms with Crippen molar-refractivity contribution in [2.75, 3.05) is 37.3 Å². The molecule has 9 heteroatoms. The van der Waals surface area contributed by atoms with E-state index < -0.39 is 10.1 Å². The first-order valence-electron chi connectivity index (χ1n) is 8.13. The molecular formula is C17H20N4O4S. The molecule has 1 aliphatic rings. The number of hydrogen-bond donors (Lipinski definition) is 3. The number of benzene rings is 1. The number of anilines is 1. The highest BCUT2D eigenvalue weighted by Crippen LogP contribution is 2.22. The summed E-state index contributed by atoms with van der Waals surface area (Å²) in [4.78, 5) is 22.1. The number of piperazine rings is 1. The smallest absolute Gasteiger partial charge is 0.261 e. The van der Waals surface area contributed by atoms with Crippen molar-refractivity contribution in [2.45, 2.75) is 0 Å². The molecular weight excluding hydrogens is 356 g/mol. The maximum atomic E-state index is 12.1. The third-order valence-electron chi connectivity index (χ3n) is 4.00. The van der Waals surface area contributed by atoms with Crippen LogP contribution in [-0.2, 0) is 10.1 Å². The van der Waals surface area contributed by atoms with Crippen LogP contribution in [0.2, 0.25) is 0 Å². The van der Waals surface area contributed by atoms with Crippen LogP contribution in [0, 0.1) is 0 Å². The van der Waals surface area contributed by atoms with Crippen molar-refractivity contribution in [3.8, 4) is 0 Å². The van der Waals surface area contributed by atoms with E-state index in [0.29, 0.717) is 11.6 Å². The van der Waals surface area contributed by atoms with Crippen LogP contribution < -0.4 is 15.8 Å². The molecule has 1 aliphatic heterocycles. The summed E-state index contributed by atoms with van der Waals surface area (Å²) in [6.07, 6.45) is 0.715. The number of pyridine rings is 2. The summed E-state index contributed by atoms with van der Waals surface area (Å²) >= 11 is 0. The Kier molecular flexibility index (Phi) is 5.21. The quantitative estimate of drug-likeness (QED) is 0.428. The number of aromatic nitrogens is 2. The standard InChI is InChI=1S/C16H16N4O.CH4O3S/c21-16-12-4-2-1-3-11(12)15-13(18-16)5-6-14(19-15)20-9-7-17-8-10-20;1-5(2,3)4/h1-6,17H,7-10H2,(H,18,21);1H3,(H,2,3,4). The van der Waals surface area contributed by atoms with Crippen LogP contribution in [0.1, 0.15) is 0 Å². The van der Waals surface area contributed by atoms with Crippen molar-refractivity contribution in [1.82, 2.24) is 15.3 Å². The fourth-order valence-corrected chi connectivity index (χ4v) is 2.90. The lowest BCUT2D eigenvalue weighted by molar-refractivity contribution is 0.490. The van der Waals surface area contributed by atoms with Gasteiger partial charge in [0.05, 0.1) is 17.3 Å². The number of fused-ring (bicyclic) bond motifs is 3. The molecule has 0 radical (unpaired) electrons. The summed E-state index contributed by atoms with van der Waals surface area (Å²) < 4.78 is 25.9. The average Bonchev–Trinajstić information content (AvgIpc) is 2.61. The topological polar surface area (TPSA) is 115 Å². The highest BCUT2D eigenvalue weighted by molar-refractivity contribution is 7.85. The van der Waals surface area contributed by atoms with E-state index in [2.05, 4.69) is 15.2 Å². The number of nitrogens with zero attached hydrogens (tertiary/aromatic N) is 2. The second kappa shape index (κ2) is 7.40. The number of hydrogen-bond acceptors (Lipinski definition) is 6. The Morgan fingerprint density at radius 1 is 1.08 bits per heavy atom. The zero-order valence-electron chi connectivity index (χ0n) is 14.3. The van der Waals surface area contributed by atoms with Crippen LogP contribution in [0.5, 0.6) is 0 Å². The minimum Gasteiger partial charge on any atom is -0.354 e. The monoisotopic (exact) mass is 376 g/mol. The highest BCUT2D eigenvalue weighted by atomic mass is 32.2. The molecule has 0 atom stereocenters. The number of aromatic amines is 1. The normalized spacial score (nSPS) is 14.9. The molecule has 8 nitrogen and oxygen atoms in total. The van der Waals surface area contributed by atoms with Crippen molar-refractivity contribution in [2.24, 2.45) is 0 Å². The molecule has 0 amide bonds. The first-order valence-corrected chi connectivity index (χ1v) is 9.98. The Balaban J connectivity index is 0.000000349. The lowest BCUT2D eigenvalue weighted by Crippen LogP contribution is -2.43.